The quantitative estimate of drug-likeness (QED) is 0.349. The molecule has 0 aromatic carbocycles. The minimum Gasteiger partial charge on any atom is -0.481 e. The molecular formula is C8H14N2O5. The van der Waals surface area contributed by atoms with E-state index in [9.17, 15) is 19.8 Å². The van der Waals surface area contributed by atoms with Crippen molar-refractivity contribution in [2.75, 3.05) is 6.54 Å². The van der Waals surface area contributed by atoms with Crippen molar-refractivity contribution in [3.8, 4) is 0 Å². The standard InChI is InChI=1S/C8H14N2O5/c1-3(11)10-7-6(13)5(12)4(2-9-7)8(14)15/h4-7,9,12-13H,2H2,1H3,(H,10,11)(H,14,15)/t4-,5+,6+,7+/m0/s1. The Kier molecular flexibility index (Phi) is 3.61. The Balaban J connectivity index is 2.64. The molecular weight excluding hydrogens is 204 g/mol. The molecule has 0 aromatic heterocycles. The smallest absolute Gasteiger partial charge is 0.310 e. The van der Waals surface area contributed by atoms with E-state index in [-0.39, 0.29) is 12.5 Å². The zero-order chi connectivity index (χ0) is 11.6. The molecule has 0 aliphatic carbocycles. The molecule has 0 aromatic rings. The third-order valence-electron chi connectivity index (χ3n) is 2.34. The second kappa shape index (κ2) is 4.56. The van der Waals surface area contributed by atoms with Crippen molar-refractivity contribution in [1.29, 1.82) is 0 Å². The fourth-order valence-electron chi connectivity index (χ4n) is 1.52. The van der Waals surface area contributed by atoms with E-state index in [1.54, 1.807) is 0 Å². The van der Waals surface area contributed by atoms with Crippen LogP contribution in [0.4, 0.5) is 0 Å². The maximum Gasteiger partial charge on any atom is 0.310 e. The van der Waals surface area contributed by atoms with E-state index in [0.29, 0.717) is 0 Å². The van der Waals surface area contributed by atoms with Crippen LogP contribution in [-0.4, -0.2) is 52.1 Å². The normalized spacial score (nSPS) is 35.9. The molecule has 0 saturated carbocycles. The van der Waals surface area contributed by atoms with E-state index in [0.717, 1.165) is 0 Å². The number of piperidine rings is 1. The van der Waals surface area contributed by atoms with Crippen molar-refractivity contribution in [2.45, 2.75) is 25.3 Å². The summed E-state index contributed by atoms with van der Waals surface area (Å²) in [7, 11) is 0. The fourth-order valence-corrected chi connectivity index (χ4v) is 1.52. The van der Waals surface area contributed by atoms with E-state index in [1.165, 1.54) is 6.92 Å². The molecule has 1 fully saturated rings. The van der Waals surface area contributed by atoms with Gasteiger partial charge >= 0.3 is 5.97 Å². The summed E-state index contributed by atoms with van der Waals surface area (Å²) in [6, 6.07) is 0. The molecule has 0 bridgehead atoms. The van der Waals surface area contributed by atoms with Gasteiger partial charge in [-0.05, 0) is 0 Å². The van der Waals surface area contributed by atoms with Crippen LogP contribution >= 0.6 is 0 Å². The minimum atomic E-state index is -1.39. The number of aliphatic hydroxyl groups is 2. The van der Waals surface area contributed by atoms with Gasteiger partial charge in [0, 0.05) is 13.5 Å². The molecule has 7 heteroatoms. The summed E-state index contributed by atoms with van der Waals surface area (Å²) in [6.07, 6.45) is -3.53. The number of hydrogen-bond donors (Lipinski definition) is 5. The number of carboxylic acids is 1. The number of carboxylic acid groups (broad SMARTS) is 1. The van der Waals surface area contributed by atoms with Gasteiger partial charge in [0.2, 0.25) is 5.91 Å². The summed E-state index contributed by atoms with van der Waals surface area (Å²) in [4.78, 5) is 21.4. The first kappa shape index (κ1) is 11.9. The summed E-state index contributed by atoms with van der Waals surface area (Å²) < 4.78 is 0. The number of amides is 1. The van der Waals surface area contributed by atoms with Crippen molar-refractivity contribution in [2.24, 2.45) is 5.92 Å². The summed E-state index contributed by atoms with van der Waals surface area (Å²) >= 11 is 0. The SMILES string of the molecule is CC(=O)N[C@H]1NC[C@H](C(=O)O)[C@@H](O)[C@H]1O. The van der Waals surface area contributed by atoms with Gasteiger partial charge in [-0.1, -0.05) is 0 Å². The molecule has 1 aliphatic rings. The third kappa shape index (κ3) is 2.65. The Morgan fingerprint density at radius 1 is 1.33 bits per heavy atom. The summed E-state index contributed by atoms with van der Waals surface area (Å²) in [5.74, 6) is -2.62. The molecule has 1 heterocycles. The average molecular weight is 218 g/mol. The minimum absolute atomic E-state index is 0.00148. The number of aliphatic carboxylic acids is 1. The van der Waals surface area contributed by atoms with Gasteiger partial charge in [-0.15, -0.1) is 0 Å². The number of carbonyl (C=O) groups is 2. The highest BCUT2D eigenvalue weighted by atomic mass is 16.4. The van der Waals surface area contributed by atoms with Crippen LogP contribution in [0.1, 0.15) is 6.92 Å². The van der Waals surface area contributed by atoms with E-state index in [2.05, 4.69) is 10.6 Å². The Hall–Kier alpha value is -1.18. The van der Waals surface area contributed by atoms with Crippen LogP contribution in [0.15, 0.2) is 0 Å². The average Bonchev–Trinajstić information content (AvgIpc) is 2.12. The highest BCUT2D eigenvalue weighted by Gasteiger charge is 2.41. The lowest BCUT2D eigenvalue weighted by Crippen LogP contribution is -2.64. The first-order valence-electron chi connectivity index (χ1n) is 4.53. The van der Waals surface area contributed by atoms with Crippen molar-refractivity contribution < 1.29 is 24.9 Å². The van der Waals surface area contributed by atoms with Gasteiger partial charge in [-0.3, -0.25) is 14.9 Å². The monoisotopic (exact) mass is 218 g/mol. The molecule has 0 spiro atoms. The van der Waals surface area contributed by atoms with Crippen LogP contribution in [0, 0.1) is 5.92 Å². The zero-order valence-corrected chi connectivity index (χ0v) is 8.17. The van der Waals surface area contributed by atoms with Crippen molar-refractivity contribution >= 4 is 11.9 Å². The van der Waals surface area contributed by atoms with Gasteiger partial charge in [-0.2, -0.15) is 0 Å². The largest absolute Gasteiger partial charge is 0.481 e. The first-order chi connectivity index (χ1) is 6.93. The second-order valence-electron chi connectivity index (χ2n) is 3.51. The summed E-state index contributed by atoms with van der Waals surface area (Å²) in [5.41, 5.74) is 0. The number of nitrogens with one attached hydrogen (secondary N) is 2. The van der Waals surface area contributed by atoms with E-state index in [4.69, 9.17) is 5.11 Å². The van der Waals surface area contributed by atoms with Crippen molar-refractivity contribution in [1.82, 2.24) is 10.6 Å². The molecule has 86 valence electrons. The number of hydrogen-bond acceptors (Lipinski definition) is 5. The van der Waals surface area contributed by atoms with E-state index in [1.807, 2.05) is 0 Å². The molecule has 5 N–H and O–H groups in total. The van der Waals surface area contributed by atoms with Crippen LogP contribution in [-0.2, 0) is 9.59 Å². The van der Waals surface area contributed by atoms with Gasteiger partial charge in [-0.25, -0.2) is 0 Å². The van der Waals surface area contributed by atoms with Gasteiger partial charge in [0.1, 0.15) is 12.3 Å². The molecule has 15 heavy (non-hydrogen) atoms. The van der Waals surface area contributed by atoms with Crippen LogP contribution in [0.3, 0.4) is 0 Å². The molecule has 1 amide bonds. The van der Waals surface area contributed by atoms with Crippen molar-refractivity contribution in [3.05, 3.63) is 0 Å². The molecule has 1 rings (SSSR count). The number of aliphatic hydroxyl groups excluding tert-OH is 2. The topological polar surface area (TPSA) is 119 Å². The first-order valence-corrected chi connectivity index (χ1v) is 4.53. The van der Waals surface area contributed by atoms with Gasteiger partial charge < -0.3 is 20.6 Å². The Labute approximate surface area is 86.1 Å². The summed E-state index contributed by atoms with van der Waals surface area (Å²) in [6.45, 7) is 1.27. The highest BCUT2D eigenvalue weighted by molar-refractivity contribution is 5.74. The lowest BCUT2D eigenvalue weighted by molar-refractivity contribution is -0.153. The number of rotatable bonds is 2. The maximum atomic E-state index is 10.7. The van der Waals surface area contributed by atoms with E-state index >= 15 is 0 Å². The molecule has 1 saturated heterocycles. The Morgan fingerprint density at radius 3 is 2.40 bits per heavy atom. The molecule has 7 nitrogen and oxygen atoms in total. The zero-order valence-electron chi connectivity index (χ0n) is 8.17. The van der Waals surface area contributed by atoms with Crippen LogP contribution in [0.25, 0.3) is 0 Å². The lowest BCUT2D eigenvalue weighted by Gasteiger charge is -2.36. The predicted octanol–water partition coefficient (Wildman–Crippen LogP) is -2.53. The lowest BCUT2D eigenvalue weighted by atomic mass is 9.92. The van der Waals surface area contributed by atoms with Crippen LogP contribution in [0.5, 0.6) is 0 Å². The fraction of sp³-hybridized carbons (Fsp3) is 0.750. The van der Waals surface area contributed by atoms with Gasteiger partial charge in [0.15, 0.2) is 0 Å². The van der Waals surface area contributed by atoms with Gasteiger partial charge in [0.05, 0.1) is 12.0 Å². The molecule has 4 atom stereocenters. The molecule has 0 unspecified atom stereocenters. The van der Waals surface area contributed by atoms with Crippen molar-refractivity contribution in [3.63, 3.8) is 0 Å². The van der Waals surface area contributed by atoms with Crippen LogP contribution < -0.4 is 10.6 Å². The second-order valence-corrected chi connectivity index (χ2v) is 3.51. The Bertz CT molecular complexity index is 268. The summed E-state index contributed by atoms with van der Waals surface area (Å²) in [5, 5.41) is 32.7. The molecule has 1 aliphatic heterocycles. The third-order valence-corrected chi connectivity index (χ3v) is 2.34. The maximum absolute atomic E-state index is 10.7. The Morgan fingerprint density at radius 2 is 1.93 bits per heavy atom. The van der Waals surface area contributed by atoms with Crippen LogP contribution in [0.2, 0.25) is 0 Å². The highest BCUT2D eigenvalue weighted by Crippen LogP contribution is 2.15. The molecule has 0 radical (unpaired) electrons. The van der Waals surface area contributed by atoms with Gasteiger partial charge in [0.25, 0.3) is 0 Å². The van der Waals surface area contributed by atoms with E-state index < -0.39 is 30.3 Å². The number of carbonyl (C=O) groups excluding carboxylic acids is 1. The predicted molar refractivity (Wildman–Crippen MR) is 48.7 cm³/mol.